The molecule has 0 aliphatic rings. The predicted octanol–water partition coefficient (Wildman–Crippen LogP) is 2.43. The minimum atomic E-state index is -0.784. The van der Waals surface area contributed by atoms with Crippen LogP contribution in [0.1, 0.15) is 5.56 Å². The number of aromatic nitrogens is 2. The van der Waals surface area contributed by atoms with Gasteiger partial charge < -0.3 is 9.64 Å². The Kier molecular flexibility index (Phi) is 4.82. The van der Waals surface area contributed by atoms with Gasteiger partial charge in [0.15, 0.2) is 11.6 Å². The molecule has 0 aliphatic heterocycles. The minimum Gasteiger partial charge on any atom is -0.459 e. The standard InChI is InChI=1S/C14H14F2N4O2/c1-20(2)14(21)19-12-11(16)7-17-13(18-12)22-8-9-4-3-5-10(15)6-9/h3-7H,8H2,1-2H3,(H,17,18,19,21). The van der Waals surface area contributed by atoms with E-state index in [-0.39, 0.29) is 24.3 Å². The van der Waals surface area contributed by atoms with Gasteiger partial charge in [0.05, 0.1) is 6.20 Å². The summed E-state index contributed by atoms with van der Waals surface area (Å²) in [6, 6.07) is 5.17. The third-order valence-electron chi connectivity index (χ3n) is 2.61. The molecule has 0 unspecified atom stereocenters. The maximum Gasteiger partial charge on any atom is 0.322 e. The van der Waals surface area contributed by atoms with Crippen LogP contribution in [0.4, 0.5) is 19.4 Å². The summed E-state index contributed by atoms with van der Waals surface area (Å²) >= 11 is 0. The summed E-state index contributed by atoms with van der Waals surface area (Å²) in [5.41, 5.74) is 0.576. The van der Waals surface area contributed by atoms with Gasteiger partial charge in [-0.2, -0.15) is 4.98 Å². The first-order valence-electron chi connectivity index (χ1n) is 6.34. The largest absolute Gasteiger partial charge is 0.459 e. The second-order valence-electron chi connectivity index (χ2n) is 4.59. The molecule has 6 nitrogen and oxygen atoms in total. The molecule has 2 rings (SSSR count). The molecule has 2 aromatic rings. The van der Waals surface area contributed by atoms with Crippen LogP contribution in [-0.2, 0) is 6.61 Å². The fourth-order valence-electron chi connectivity index (χ4n) is 1.50. The van der Waals surface area contributed by atoms with Gasteiger partial charge in [0.2, 0.25) is 0 Å². The van der Waals surface area contributed by atoms with Crippen LogP contribution in [0.3, 0.4) is 0 Å². The molecule has 0 spiro atoms. The molecule has 0 fully saturated rings. The highest BCUT2D eigenvalue weighted by Gasteiger charge is 2.12. The van der Waals surface area contributed by atoms with E-state index in [2.05, 4.69) is 15.3 Å². The van der Waals surface area contributed by atoms with Gasteiger partial charge in [-0.3, -0.25) is 5.32 Å². The van der Waals surface area contributed by atoms with E-state index in [1.807, 2.05) is 0 Å². The molecule has 0 aliphatic carbocycles. The summed E-state index contributed by atoms with van der Waals surface area (Å²) < 4.78 is 31.9. The quantitative estimate of drug-likeness (QED) is 0.942. The van der Waals surface area contributed by atoms with Crippen LogP contribution in [0.25, 0.3) is 0 Å². The molecule has 0 radical (unpaired) electrons. The van der Waals surface area contributed by atoms with Crippen molar-refractivity contribution in [3.63, 3.8) is 0 Å². The number of urea groups is 1. The van der Waals surface area contributed by atoms with E-state index in [1.54, 1.807) is 12.1 Å². The van der Waals surface area contributed by atoms with E-state index in [0.29, 0.717) is 5.56 Å². The van der Waals surface area contributed by atoms with E-state index in [9.17, 15) is 13.6 Å². The fourth-order valence-corrected chi connectivity index (χ4v) is 1.50. The predicted molar refractivity (Wildman–Crippen MR) is 75.4 cm³/mol. The topological polar surface area (TPSA) is 67.4 Å². The first kappa shape index (κ1) is 15.6. The minimum absolute atomic E-state index is 0.0183. The van der Waals surface area contributed by atoms with Crippen LogP contribution in [0.15, 0.2) is 30.5 Å². The molecular weight excluding hydrogens is 294 g/mol. The van der Waals surface area contributed by atoms with Crippen molar-refractivity contribution in [3.8, 4) is 6.01 Å². The number of rotatable bonds is 4. The van der Waals surface area contributed by atoms with Gasteiger partial charge in [0, 0.05) is 14.1 Å². The summed E-state index contributed by atoms with van der Waals surface area (Å²) in [5, 5.41) is 2.28. The average Bonchev–Trinajstić information content (AvgIpc) is 2.48. The van der Waals surface area contributed by atoms with Gasteiger partial charge in [0.1, 0.15) is 12.4 Å². The second kappa shape index (κ2) is 6.79. The third kappa shape index (κ3) is 4.11. The monoisotopic (exact) mass is 308 g/mol. The number of benzene rings is 1. The first-order chi connectivity index (χ1) is 10.5. The SMILES string of the molecule is CN(C)C(=O)Nc1nc(OCc2cccc(F)c2)ncc1F. The molecular formula is C14H14F2N4O2. The Bertz CT molecular complexity index is 680. The molecule has 1 aromatic heterocycles. The van der Waals surface area contributed by atoms with Crippen molar-refractivity contribution in [1.29, 1.82) is 0 Å². The lowest BCUT2D eigenvalue weighted by atomic mass is 10.2. The second-order valence-corrected chi connectivity index (χ2v) is 4.59. The van der Waals surface area contributed by atoms with Crippen LogP contribution < -0.4 is 10.1 Å². The fraction of sp³-hybridized carbons (Fsp3) is 0.214. The number of carbonyl (C=O) groups excluding carboxylic acids is 1. The summed E-state index contributed by atoms with van der Waals surface area (Å²) in [5.74, 6) is -1.46. The third-order valence-corrected chi connectivity index (χ3v) is 2.61. The van der Waals surface area contributed by atoms with E-state index in [1.165, 1.54) is 31.1 Å². The van der Waals surface area contributed by atoms with Crippen molar-refractivity contribution >= 4 is 11.8 Å². The molecule has 8 heteroatoms. The van der Waals surface area contributed by atoms with E-state index >= 15 is 0 Å². The van der Waals surface area contributed by atoms with Gasteiger partial charge in [-0.15, -0.1) is 0 Å². The first-order valence-corrected chi connectivity index (χ1v) is 6.34. The number of amides is 2. The van der Waals surface area contributed by atoms with Crippen LogP contribution in [0.2, 0.25) is 0 Å². The molecule has 0 saturated carbocycles. The summed E-state index contributed by atoms with van der Waals surface area (Å²) in [6.07, 6.45) is 0.888. The number of hydrogen-bond donors (Lipinski definition) is 1. The summed E-state index contributed by atoms with van der Waals surface area (Å²) in [6.45, 7) is 0.0183. The van der Waals surface area contributed by atoms with Crippen LogP contribution in [0, 0.1) is 11.6 Å². The summed E-state index contributed by atoms with van der Waals surface area (Å²) in [7, 11) is 3.02. The highest BCUT2D eigenvalue weighted by molar-refractivity contribution is 5.87. The van der Waals surface area contributed by atoms with Gasteiger partial charge in [-0.05, 0) is 17.7 Å². The van der Waals surface area contributed by atoms with E-state index in [0.717, 1.165) is 6.20 Å². The lowest BCUT2D eigenvalue weighted by Gasteiger charge is -2.12. The van der Waals surface area contributed by atoms with Crippen molar-refractivity contribution in [2.75, 3.05) is 19.4 Å². The Morgan fingerprint density at radius 2 is 2.14 bits per heavy atom. The van der Waals surface area contributed by atoms with Gasteiger partial charge in [0.25, 0.3) is 0 Å². The van der Waals surface area contributed by atoms with Crippen LogP contribution >= 0.6 is 0 Å². The Morgan fingerprint density at radius 3 is 2.82 bits per heavy atom. The number of carbonyl (C=O) groups is 1. The molecule has 2 amide bonds. The number of ether oxygens (including phenoxy) is 1. The van der Waals surface area contributed by atoms with Crippen molar-refractivity contribution in [3.05, 3.63) is 47.7 Å². The lowest BCUT2D eigenvalue weighted by Crippen LogP contribution is -2.28. The maximum absolute atomic E-state index is 13.5. The molecule has 0 saturated heterocycles. The highest BCUT2D eigenvalue weighted by Crippen LogP contribution is 2.15. The number of halogens is 2. The van der Waals surface area contributed by atoms with Gasteiger partial charge in [-0.1, -0.05) is 12.1 Å². The zero-order valence-corrected chi connectivity index (χ0v) is 12.0. The number of hydrogen-bond acceptors (Lipinski definition) is 4. The lowest BCUT2D eigenvalue weighted by molar-refractivity contribution is 0.230. The van der Waals surface area contributed by atoms with Crippen molar-refractivity contribution in [2.24, 2.45) is 0 Å². The highest BCUT2D eigenvalue weighted by atomic mass is 19.1. The van der Waals surface area contributed by atoms with E-state index in [4.69, 9.17) is 4.74 Å². The Morgan fingerprint density at radius 1 is 1.36 bits per heavy atom. The molecule has 116 valence electrons. The Labute approximate surface area is 125 Å². The smallest absolute Gasteiger partial charge is 0.322 e. The maximum atomic E-state index is 13.5. The van der Waals surface area contributed by atoms with Crippen molar-refractivity contribution < 1.29 is 18.3 Å². The molecule has 1 heterocycles. The van der Waals surface area contributed by atoms with Crippen LogP contribution in [0.5, 0.6) is 6.01 Å². The molecule has 1 aromatic carbocycles. The molecule has 0 atom stereocenters. The number of anilines is 1. The van der Waals surface area contributed by atoms with Crippen molar-refractivity contribution in [1.82, 2.24) is 14.9 Å². The number of nitrogens with zero attached hydrogens (tertiary/aromatic N) is 3. The summed E-state index contributed by atoms with van der Waals surface area (Å²) in [4.78, 5) is 20.2. The molecule has 22 heavy (non-hydrogen) atoms. The number of nitrogens with one attached hydrogen (secondary N) is 1. The van der Waals surface area contributed by atoms with Gasteiger partial charge >= 0.3 is 12.0 Å². The zero-order chi connectivity index (χ0) is 16.1. The normalized spacial score (nSPS) is 10.2. The Hall–Kier alpha value is -2.77. The zero-order valence-electron chi connectivity index (χ0n) is 12.0. The Balaban J connectivity index is 2.07. The average molecular weight is 308 g/mol. The molecule has 1 N–H and O–H groups in total. The van der Waals surface area contributed by atoms with Crippen LogP contribution in [-0.4, -0.2) is 35.0 Å². The van der Waals surface area contributed by atoms with Crippen molar-refractivity contribution in [2.45, 2.75) is 6.61 Å². The van der Waals surface area contributed by atoms with E-state index < -0.39 is 11.8 Å². The van der Waals surface area contributed by atoms with Gasteiger partial charge in [-0.25, -0.2) is 18.6 Å². The molecule has 0 bridgehead atoms.